The zero-order chi connectivity index (χ0) is 29.2. The molecule has 3 rings (SSSR count). The normalized spacial score (nSPS) is 22.2. The van der Waals surface area contributed by atoms with Gasteiger partial charge in [0.15, 0.2) is 18.5 Å². The van der Waals surface area contributed by atoms with Gasteiger partial charge in [-0.25, -0.2) is 4.68 Å². The molecule has 0 spiro atoms. The van der Waals surface area contributed by atoms with Gasteiger partial charge in [0, 0.05) is 39.4 Å². The van der Waals surface area contributed by atoms with Crippen LogP contribution in [0, 0.1) is 0 Å². The largest absolute Gasteiger partial charge is 0.497 e. The quantitative estimate of drug-likeness (QED) is 0.265. The highest BCUT2D eigenvalue weighted by molar-refractivity contribution is 5.73. The second kappa shape index (κ2) is 14.4. The Hall–Kier alpha value is -4.04. The number of aromatic nitrogens is 3. The molecular weight excluding hydrogens is 528 g/mol. The van der Waals surface area contributed by atoms with Crippen LogP contribution in [0.4, 0.5) is 0 Å². The Labute approximate surface area is 230 Å². The maximum absolute atomic E-state index is 12.1. The Bertz CT molecular complexity index is 1190. The zero-order valence-corrected chi connectivity index (χ0v) is 22.8. The minimum absolute atomic E-state index is 0.0261. The third-order valence-electron chi connectivity index (χ3n) is 5.96. The molecule has 2 N–H and O–H groups in total. The molecule has 1 aromatic heterocycles. The lowest BCUT2D eigenvalue weighted by atomic mass is 9.95. The lowest BCUT2D eigenvalue weighted by molar-refractivity contribution is -0.274. The fourth-order valence-electron chi connectivity index (χ4n) is 4.31. The number of carbonyl (C=O) groups excluding carboxylic acids is 3. The summed E-state index contributed by atoms with van der Waals surface area (Å²) in [4.78, 5) is 47.0. The van der Waals surface area contributed by atoms with Crippen molar-refractivity contribution in [3.63, 3.8) is 0 Å². The van der Waals surface area contributed by atoms with Crippen LogP contribution in [0.25, 0.3) is 11.3 Å². The van der Waals surface area contributed by atoms with Crippen molar-refractivity contribution < 1.29 is 48.0 Å². The Morgan fingerprint density at radius 2 is 1.80 bits per heavy atom. The van der Waals surface area contributed by atoms with E-state index in [-0.39, 0.29) is 19.6 Å². The van der Waals surface area contributed by atoms with Crippen molar-refractivity contribution in [2.24, 2.45) is 0 Å². The average molecular weight is 563 g/mol. The fraction of sp³-hybridized carbons (Fsp3) is 0.538. The Balaban J connectivity index is 1.88. The molecule has 0 radical (unpaired) electrons. The second-order valence-corrected chi connectivity index (χ2v) is 9.20. The number of hydrogen-bond acceptors (Lipinski definition) is 11. The van der Waals surface area contributed by atoms with E-state index in [9.17, 15) is 19.2 Å². The van der Waals surface area contributed by atoms with E-state index in [0.29, 0.717) is 24.3 Å². The number of carboxylic acids is 1. The number of aliphatic carboxylic acids is 1. The van der Waals surface area contributed by atoms with Gasteiger partial charge in [-0.2, -0.15) is 0 Å². The van der Waals surface area contributed by atoms with Gasteiger partial charge in [0.1, 0.15) is 23.6 Å². The number of rotatable bonds is 13. The highest BCUT2D eigenvalue weighted by atomic mass is 16.7. The summed E-state index contributed by atoms with van der Waals surface area (Å²) in [6.45, 7) is 3.81. The summed E-state index contributed by atoms with van der Waals surface area (Å²) in [7, 11) is 1.56. The molecule has 14 nitrogen and oxygen atoms in total. The number of hydrogen-bond donors (Lipinski definition) is 2. The molecular formula is C26H34N4O10. The lowest BCUT2D eigenvalue weighted by Gasteiger charge is -2.45. The summed E-state index contributed by atoms with van der Waals surface area (Å²) in [6.07, 6.45) is -1.92. The van der Waals surface area contributed by atoms with E-state index in [1.165, 1.54) is 25.5 Å². The van der Waals surface area contributed by atoms with Crippen molar-refractivity contribution in [2.45, 2.75) is 77.2 Å². The molecule has 1 aliphatic rings. The van der Waals surface area contributed by atoms with Gasteiger partial charge in [-0.15, -0.1) is 5.10 Å². The maximum atomic E-state index is 12.1. The van der Waals surface area contributed by atoms with E-state index in [1.54, 1.807) is 25.4 Å². The minimum atomic E-state index is -1.16. The highest BCUT2D eigenvalue weighted by Crippen LogP contribution is 2.29. The van der Waals surface area contributed by atoms with Crippen LogP contribution in [-0.2, 0) is 44.7 Å². The number of ether oxygens (including phenoxy) is 5. The topological polar surface area (TPSA) is 177 Å². The van der Waals surface area contributed by atoms with Crippen molar-refractivity contribution in [3.8, 4) is 17.0 Å². The minimum Gasteiger partial charge on any atom is -0.497 e. The van der Waals surface area contributed by atoms with Gasteiger partial charge in [-0.05, 0) is 25.0 Å². The molecule has 1 aliphatic heterocycles. The van der Waals surface area contributed by atoms with Crippen LogP contribution >= 0.6 is 0 Å². The van der Waals surface area contributed by atoms with Crippen LogP contribution in [0.2, 0.25) is 0 Å². The van der Waals surface area contributed by atoms with Crippen LogP contribution < -0.4 is 10.1 Å². The van der Waals surface area contributed by atoms with E-state index in [0.717, 1.165) is 5.56 Å². The van der Waals surface area contributed by atoms with Gasteiger partial charge in [0.25, 0.3) is 0 Å². The molecule has 40 heavy (non-hydrogen) atoms. The number of esters is 2. The van der Waals surface area contributed by atoms with Gasteiger partial charge in [-0.1, -0.05) is 17.3 Å². The first-order valence-electron chi connectivity index (χ1n) is 12.7. The number of carbonyl (C=O) groups is 4. The summed E-state index contributed by atoms with van der Waals surface area (Å²) in [5.41, 5.74) is 1.32. The van der Waals surface area contributed by atoms with Gasteiger partial charge >= 0.3 is 17.9 Å². The van der Waals surface area contributed by atoms with Crippen molar-refractivity contribution in [1.82, 2.24) is 20.3 Å². The highest BCUT2D eigenvalue weighted by Gasteiger charge is 2.51. The Morgan fingerprint density at radius 1 is 1.07 bits per heavy atom. The number of amides is 1. The molecule has 1 fully saturated rings. The molecule has 1 aromatic carbocycles. The lowest BCUT2D eigenvalue weighted by Crippen LogP contribution is -2.66. The van der Waals surface area contributed by atoms with Crippen molar-refractivity contribution >= 4 is 23.8 Å². The molecule has 0 bridgehead atoms. The van der Waals surface area contributed by atoms with Gasteiger partial charge in [0.2, 0.25) is 5.91 Å². The summed E-state index contributed by atoms with van der Waals surface area (Å²) >= 11 is 0. The number of nitrogens with one attached hydrogen (secondary N) is 1. The van der Waals surface area contributed by atoms with Crippen LogP contribution in [0.1, 0.15) is 40.0 Å². The zero-order valence-electron chi connectivity index (χ0n) is 22.8. The van der Waals surface area contributed by atoms with Crippen LogP contribution in [0.5, 0.6) is 5.75 Å². The van der Waals surface area contributed by atoms with Crippen LogP contribution in [0.3, 0.4) is 0 Å². The fourth-order valence-corrected chi connectivity index (χ4v) is 4.31. The molecule has 1 saturated heterocycles. The number of benzene rings is 1. The summed E-state index contributed by atoms with van der Waals surface area (Å²) < 4.78 is 29.9. The summed E-state index contributed by atoms with van der Waals surface area (Å²) in [6, 6.07) is 6.24. The predicted molar refractivity (Wildman–Crippen MR) is 137 cm³/mol. The number of unbranched alkanes of at least 4 members (excludes halogenated alkanes) is 1. The molecule has 0 aliphatic carbocycles. The third kappa shape index (κ3) is 8.74. The number of methoxy groups -OCH3 is 1. The summed E-state index contributed by atoms with van der Waals surface area (Å²) in [5.74, 6) is -2.05. The summed E-state index contributed by atoms with van der Waals surface area (Å²) in [5, 5.41) is 19.9. The Morgan fingerprint density at radius 3 is 2.45 bits per heavy atom. The number of carboxylic acid groups (broad SMARTS) is 1. The molecule has 5 atom stereocenters. The monoisotopic (exact) mass is 562 g/mol. The molecule has 1 amide bonds. The second-order valence-electron chi connectivity index (χ2n) is 9.20. The van der Waals surface area contributed by atoms with Gasteiger partial charge < -0.3 is 34.1 Å². The van der Waals surface area contributed by atoms with Crippen molar-refractivity contribution in [1.29, 1.82) is 0 Å². The van der Waals surface area contributed by atoms with E-state index < -0.39 is 54.5 Å². The Kier molecular flexibility index (Phi) is 11.0. The van der Waals surface area contributed by atoms with Crippen molar-refractivity contribution in [3.05, 3.63) is 30.5 Å². The van der Waals surface area contributed by atoms with Crippen LogP contribution in [0.15, 0.2) is 30.5 Å². The first kappa shape index (κ1) is 30.5. The average Bonchev–Trinajstić information content (AvgIpc) is 3.35. The molecule has 2 aromatic rings. The van der Waals surface area contributed by atoms with E-state index >= 15 is 0 Å². The van der Waals surface area contributed by atoms with Gasteiger partial charge in [0.05, 0.1) is 19.9 Å². The first-order valence-corrected chi connectivity index (χ1v) is 12.7. The number of nitrogens with zero attached hydrogens (tertiary/aromatic N) is 3. The van der Waals surface area contributed by atoms with Crippen molar-refractivity contribution in [2.75, 3.05) is 13.7 Å². The molecule has 14 heteroatoms. The van der Waals surface area contributed by atoms with Gasteiger partial charge in [-0.3, -0.25) is 19.2 Å². The van der Waals surface area contributed by atoms with E-state index in [4.69, 9.17) is 28.8 Å². The SMILES string of the molecule is COc1cccc(-c2cn(CC3O[C@H](OCCCCC(=O)O)C(NC(C)=O)[C@@H](OC(C)=O)[C@H]3OC(C)=O)nn2)c1. The predicted octanol–water partition coefficient (Wildman–Crippen LogP) is 1.32. The van der Waals surface area contributed by atoms with E-state index in [1.807, 2.05) is 12.1 Å². The molecule has 0 saturated carbocycles. The third-order valence-corrected chi connectivity index (χ3v) is 5.96. The van der Waals surface area contributed by atoms with E-state index in [2.05, 4.69) is 15.6 Å². The molecule has 2 unspecified atom stereocenters. The standard InChI is InChI=1S/C26H34N4O10/c1-15(31)27-23-25(39-17(3)33)24(38-16(2)32)21(40-26(23)37-11-6-5-10-22(34)35)14-30-13-20(28-29-30)18-8-7-9-19(12-18)36-4/h7-9,12-13,21,23-26H,5-6,10-11,14H2,1-4H3,(H,27,31)(H,34,35)/t21?,23?,24-,25+,26-/m0/s1. The van der Waals surface area contributed by atoms with Crippen LogP contribution in [-0.4, -0.2) is 88.3 Å². The smallest absolute Gasteiger partial charge is 0.303 e. The first-order chi connectivity index (χ1) is 19.1. The molecule has 2 heterocycles. The maximum Gasteiger partial charge on any atom is 0.303 e. The molecule has 218 valence electrons.